The van der Waals surface area contributed by atoms with E-state index in [4.69, 9.17) is 10.5 Å². The van der Waals surface area contributed by atoms with Crippen molar-refractivity contribution in [1.82, 2.24) is 0 Å². The zero-order chi connectivity index (χ0) is 19.1. The Morgan fingerprint density at radius 3 is 2.33 bits per heavy atom. The van der Waals surface area contributed by atoms with Crippen LogP contribution in [-0.4, -0.2) is 23.7 Å². The standard InChI is InChI=1S/C21H24N2O3S/c22-20(24)13-15-5-9-17(10-6-15)26-14-21(25)23-16-7-11-19(12-8-16)27-18-3-1-2-4-18/h5-12,18H,1-4,13-14H2,(H2,22,24)(H,23,25). The Bertz CT molecular complexity index is 769. The van der Waals surface area contributed by atoms with E-state index in [1.807, 2.05) is 23.9 Å². The normalized spacial score (nSPS) is 14.1. The van der Waals surface area contributed by atoms with Gasteiger partial charge in [-0.3, -0.25) is 9.59 Å². The number of rotatable bonds is 8. The largest absolute Gasteiger partial charge is 0.484 e. The molecule has 2 amide bonds. The Morgan fingerprint density at radius 1 is 1.04 bits per heavy atom. The lowest BCUT2D eigenvalue weighted by Crippen LogP contribution is -2.20. The molecule has 1 fully saturated rings. The SMILES string of the molecule is NC(=O)Cc1ccc(OCC(=O)Nc2ccc(SC3CCCC3)cc2)cc1. The summed E-state index contributed by atoms with van der Waals surface area (Å²) in [5, 5.41) is 3.57. The second-order valence-electron chi connectivity index (χ2n) is 6.67. The minimum Gasteiger partial charge on any atom is -0.484 e. The predicted molar refractivity (Wildman–Crippen MR) is 108 cm³/mol. The van der Waals surface area contributed by atoms with Gasteiger partial charge in [-0.15, -0.1) is 11.8 Å². The van der Waals surface area contributed by atoms with Crippen molar-refractivity contribution in [3.63, 3.8) is 0 Å². The number of carbonyl (C=O) groups excluding carboxylic acids is 2. The van der Waals surface area contributed by atoms with Crippen LogP contribution < -0.4 is 15.8 Å². The molecule has 0 aliphatic heterocycles. The minimum absolute atomic E-state index is 0.0757. The number of anilines is 1. The zero-order valence-corrected chi connectivity index (χ0v) is 16.0. The number of benzene rings is 2. The maximum atomic E-state index is 12.1. The van der Waals surface area contributed by atoms with Crippen molar-refractivity contribution >= 4 is 29.3 Å². The van der Waals surface area contributed by atoms with Gasteiger partial charge >= 0.3 is 0 Å². The first-order valence-electron chi connectivity index (χ1n) is 9.15. The van der Waals surface area contributed by atoms with Crippen molar-refractivity contribution in [3.8, 4) is 5.75 Å². The summed E-state index contributed by atoms with van der Waals surface area (Å²) < 4.78 is 5.48. The molecule has 1 saturated carbocycles. The van der Waals surface area contributed by atoms with Crippen molar-refractivity contribution in [3.05, 3.63) is 54.1 Å². The fourth-order valence-electron chi connectivity index (χ4n) is 3.07. The molecule has 3 rings (SSSR count). The number of carbonyl (C=O) groups is 2. The Morgan fingerprint density at radius 2 is 1.70 bits per heavy atom. The highest BCUT2D eigenvalue weighted by molar-refractivity contribution is 8.00. The quantitative estimate of drug-likeness (QED) is 0.726. The monoisotopic (exact) mass is 384 g/mol. The van der Waals surface area contributed by atoms with E-state index in [2.05, 4.69) is 17.4 Å². The topological polar surface area (TPSA) is 81.4 Å². The second-order valence-corrected chi connectivity index (χ2v) is 8.05. The van der Waals surface area contributed by atoms with Crippen LogP contribution in [0.4, 0.5) is 5.69 Å². The number of nitrogens with one attached hydrogen (secondary N) is 1. The van der Waals surface area contributed by atoms with Crippen LogP contribution in [0.15, 0.2) is 53.4 Å². The van der Waals surface area contributed by atoms with Crippen molar-refractivity contribution in [2.45, 2.75) is 42.2 Å². The smallest absolute Gasteiger partial charge is 0.262 e. The van der Waals surface area contributed by atoms with E-state index in [9.17, 15) is 9.59 Å². The molecule has 0 aromatic heterocycles. The summed E-state index contributed by atoms with van der Waals surface area (Å²) in [6, 6.07) is 14.9. The Labute approximate surface area is 163 Å². The van der Waals surface area contributed by atoms with Gasteiger partial charge in [0.1, 0.15) is 5.75 Å². The molecule has 0 atom stereocenters. The fraction of sp³-hybridized carbons (Fsp3) is 0.333. The van der Waals surface area contributed by atoms with Gasteiger partial charge < -0.3 is 15.8 Å². The van der Waals surface area contributed by atoms with Crippen LogP contribution in [0.25, 0.3) is 0 Å². The molecule has 0 radical (unpaired) electrons. The van der Waals surface area contributed by atoms with E-state index < -0.39 is 0 Å². The third kappa shape index (κ3) is 6.32. The number of hydrogen-bond acceptors (Lipinski definition) is 4. The first-order chi connectivity index (χ1) is 13.1. The van der Waals surface area contributed by atoms with Gasteiger partial charge in [0.2, 0.25) is 5.91 Å². The van der Waals surface area contributed by atoms with Crippen molar-refractivity contribution in [1.29, 1.82) is 0 Å². The molecule has 2 aromatic rings. The lowest BCUT2D eigenvalue weighted by Gasteiger charge is -2.10. The molecule has 27 heavy (non-hydrogen) atoms. The van der Waals surface area contributed by atoms with Crippen LogP contribution in [0.5, 0.6) is 5.75 Å². The number of ether oxygens (including phenoxy) is 1. The van der Waals surface area contributed by atoms with Gasteiger partial charge in [-0.25, -0.2) is 0 Å². The van der Waals surface area contributed by atoms with Crippen LogP contribution in [0.2, 0.25) is 0 Å². The zero-order valence-electron chi connectivity index (χ0n) is 15.1. The van der Waals surface area contributed by atoms with Crippen molar-refractivity contribution in [2.75, 3.05) is 11.9 Å². The lowest BCUT2D eigenvalue weighted by molar-refractivity contribution is -0.118. The first kappa shape index (κ1) is 19.3. The summed E-state index contributed by atoms with van der Waals surface area (Å²) in [5.74, 6) is -0.0233. The number of thioether (sulfide) groups is 1. The molecular formula is C21H24N2O3S. The summed E-state index contributed by atoms with van der Waals surface area (Å²) in [6.07, 6.45) is 5.45. The molecule has 2 aromatic carbocycles. The molecule has 5 nitrogen and oxygen atoms in total. The van der Waals surface area contributed by atoms with Gasteiger partial charge in [0.05, 0.1) is 6.42 Å². The third-order valence-corrected chi connectivity index (χ3v) is 5.76. The van der Waals surface area contributed by atoms with Crippen LogP contribution in [0.1, 0.15) is 31.2 Å². The average molecular weight is 385 g/mol. The van der Waals surface area contributed by atoms with E-state index in [1.54, 1.807) is 24.3 Å². The van der Waals surface area contributed by atoms with E-state index in [-0.39, 0.29) is 24.8 Å². The summed E-state index contributed by atoms with van der Waals surface area (Å²) in [4.78, 5) is 24.2. The first-order valence-corrected chi connectivity index (χ1v) is 10.0. The molecule has 0 heterocycles. The average Bonchev–Trinajstić information content (AvgIpc) is 3.15. The number of hydrogen-bond donors (Lipinski definition) is 2. The summed E-state index contributed by atoms with van der Waals surface area (Å²) in [7, 11) is 0. The van der Waals surface area contributed by atoms with Crippen LogP contribution >= 0.6 is 11.8 Å². The fourth-order valence-corrected chi connectivity index (χ4v) is 4.31. The number of nitrogens with two attached hydrogens (primary N) is 1. The van der Waals surface area contributed by atoms with E-state index in [0.29, 0.717) is 5.75 Å². The van der Waals surface area contributed by atoms with Gasteiger partial charge in [-0.2, -0.15) is 0 Å². The highest BCUT2D eigenvalue weighted by Crippen LogP contribution is 2.34. The molecule has 0 unspecified atom stereocenters. The lowest BCUT2D eigenvalue weighted by atomic mass is 10.1. The maximum Gasteiger partial charge on any atom is 0.262 e. The van der Waals surface area contributed by atoms with Crippen LogP contribution in [0, 0.1) is 0 Å². The van der Waals surface area contributed by atoms with E-state index in [0.717, 1.165) is 16.5 Å². The van der Waals surface area contributed by atoms with Crippen LogP contribution in [0.3, 0.4) is 0 Å². The molecule has 3 N–H and O–H groups in total. The maximum absolute atomic E-state index is 12.1. The number of primary amides is 1. The predicted octanol–water partition coefficient (Wildman–Crippen LogP) is 3.77. The summed E-state index contributed by atoms with van der Waals surface area (Å²) >= 11 is 1.92. The van der Waals surface area contributed by atoms with Crippen LogP contribution in [-0.2, 0) is 16.0 Å². The summed E-state index contributed by atoms with van der Waals surface area (Å²) in [5.41, 5.74) is 6.73. The highest BCUT2D eigenvalue weighted by Gasteiger charge is 2.16. The molecule has 1 aliphatic rings. The molecule has 142 valence electrons. The summed E-state index contributed by atoms with van der Waals surface area (Å²) in [6.45, 7) is -0.0757. The van der Waals surface area contributed by atoms with E-state index in [1.165, 1.54) is 30.6 Å². The highest BCUT2D eigenvalue weighted by atomic mass is 32.2. The Hall–Kier alpha value is -2.47. The molecule has 0 saturated heterocycles. The van der Waals surface area contributed by atoms with Gasteiger partial charge in [0, 0.05) is 15.8 Å². The van der Waals surface area contributed by atoms with Gasteiger partial charge in [0.15, 0.2) is 6.61 Å². The molecule has 0 bridgehead atoms. The molecule has 6 heteroatoms. The molecule has 1 aliphatic carbocycles. The number of amides is 2. The Kier molecular flexibility index (Phi) is 6.76. The van der Waals surface area contributed by atoms with Gasteiger partial charge in [-0.1, -0.05) is 25.0 Å². The van der Waals surface area contributed by atoms with E-state index >= 15 is 0 Å². The molecular weight excluding hydrogens is 360 g/mol. The minimum atomic E-state index is -0.379. The Balaban J connectivity index is 1.44. The van der Waals surface area contributed by atoms with Gasteiger partial charge in [-0.05, 0) is 54.8 Å². The third-order valence-electron chi connectivity index (χ3n) is 4.41. The van der Waals surface area contributed by atoms with Crippen molar-refractivity contribution in [2.24, 2.45) is 5.73 Å². The van der Waals surface area contributed by atoms with Crippen molar-refractivity contribution < 1.29 is 14.3 Å². The second kappa shape index (κ2) is 9.46. The molecule has 0 spiro atoms. The van der Waals surface area contributed by atoms with Gasteiger partial charge in [0.25, 0.3) is 5.91 Å².